The number of halogens is 1. The lowest BCUT2D eigenvalue weighted by Gasteiger charge is -2.25. The normalized spacial score (nSPS) is 13.9. The van der Waals surface area contributed by atoms with Crippen LogP contribution in [0.4, 0.5) is 11.4 Å². The molecule has 2 aromatic carbocycles. The van der Waals surface area contributed by atoms with E-state index in [0.29, 0.717) is 0 Å². The molecule has 1 aliphatic heterocycles. The van der Waals surface area contributed by atoms with Crippen LogP contribution in [0.5, 0.6) is 0 Å². The van der Waals surface area contributed by atoms with Crippen LogP contribution in [-0.4, -0.2) is 11.9 Å². The number of hydrogen-bond donors (Lipinski definition) is 0. The number of alkyl halides is 1. The predicted molar refractivity (Wildman–Crippen MR) is 90.2 cm³/mol. The lowest BCUT2D eigenvalue weighted by molar-refractivity contribution is 0.977. The Morgan fingerprint density at radius 3 is 1.95 bits per heavy atom. The van der Waals surface area contributed by atoms with Crippen LogP contribution in [0.3, 0.4) is 0 Å². The first-order valence-electron chi connectivity index (χ1n) is 7.04. The van der Waals surface area contributed by atoms with Crippen molar-refractivity contribution in [1.29, 1.82) is 0 Å². The van der Waals surface area contributed by atoms with Crippen molar-refractivity contribution in [2.45, 2.75) is 12.8 Å². The molecule has 20 heavy (non-hydrogen) atoms. The van der Waals surface area contributed by atoms with Gasteiger partial charge in [0.05, 0.1) is 0 Å². The van der Waals surface area contributed by atoms with E-state index >= 15 is 0 Å². The van der Waals surface area contributed by atoms with Gasteiger partial charge in [0.2, 0.25) is 0 Å². The standard InChI is InChI=1S/C18H18BrN/c19-13-5-6-14-20-17-9-3-1-7-15(17)11-12-16-8-2-4-10-18(16)20/h1-10H,11-14H2. The molecule has 0 bridgehead atoms. The van der Waals surface area contributed by atoms with Crippen LogP contribution in [0.15, 0.2) is 60.7 Å². The van der Waals surface area contributed by atoms with Gasteiger partial charge < -0.3 is 4.90 Å². The summed E-state index contributed by atoms with van der Waals surface area (Å²) in [5, 5.41) is 0.907. The SMILES string of the molecule is BrCC=CCN1c2ccccc2CCc2ccccc21. The molecule has 0 unspecified atom stereocenters. The third kappa shape index (κ3) is 2.66. The number of fused-ring (bicyclic) bond motifs is 2. The van der Waals surface area contributed by atoms with Crippen molar-refractivity contribution in [2.75, 3.05) is 16.8 Å². The number of allylic oxidation sites excluding steroid dienone is 1. The first-order chi connectivity index (χ1) is 9.90. The third-order valence-electron chi connectivity index (χ3n) is 3.77. The van der Waals surface area contributed by atoms with Crippen LogP contribution in [0, 0.1) is 0 Å². The van der Waals surface area contributed by atoms with Gasteiger partial charge in [0.1, 0.15) is 0 Å². The van der Waals surface area contributed by atoms with Crippen LogP contribution in [0.25, 0.3) is 0 Å². The molecule has 0 atom stereocenters. The molecule has 0 N–H and O–H groups in total. The average Bonchev–Trinajstić information content (AvgIpc) is 2.66. The Morgan fingerprint density at radius 1 is 0.850 bits per heavy atom. The fourth-order valence-electron chi connectivity index (χ4n) is 2.81. The van der Waals surface area contributed by atoms with Gasteiger partial charge in [-0.2, -0.15) is 0 Å². The van der Waals surface area contributed by atoms with Crippen molar-refractivity contribution in [1.82, 2.24) is 0 Å². The zero-order valence-electron chi connectivity index (χ0n) is 11.4. The highest BCUT2D eigenvalue weighted by atomic mass is 79.9. The number of rotatable bonds is 3. The second kappa shape index (κ2) is 6.27. The quantitative estimate of drug-likeness (QED) is 0.574. The zero-order valence-corrected chi connectivity index (χ0v) is 13.0. The molecule has 1 heterocycles. The maximum Gasteiger partial charge on any atom is 0.0446 e. The van der Waals surface area contributed by atoms with Gasteiger partial charge in [-0.3, -0.25) is 0 Å². The van der Waals surface area contributed by atoms with Crippen molar-refractivity contribution in [3.63, 3.8) is 0 Å². The molecule has 2 heteroatoms. The van der Waals surface area contributed by atoms with E-state index in [9.17, 15) is 0 Å². The van der Waals surface area contributed by atoms with Gasteiger partial charge >= 0.3 is 0 Å². The van der Waals surface area contributed by atoms with Gasteiger partial charge in [0.25, 0.3) is 0 Å². The van der Waals surface area contributed by atoms with E-state index in [1.165, 1.54) is 22.5 Å². The molecular weight excluding hydrogens is 310 g/mol. The average molecular weight is 328 g/mol. The van der Waals surface area contributed by atoms with Crippen molar-refractivity contribution in [3.05, 3.63) is 71.8 Å². The van der Waals surface area contributed by atoms with Gasteiger partial charge in [0.15, 0.2) is 0 Å². The number of aryl methyl sites for hydroxylation is 2. The molecular formula is C18H18BrN. The van der Waals surface area contributed by atoms with Crippen LogP contribution < -0.4 is 4.90 Å². The monoisotopic (exact) mass is 327 g/mol. The second-order valence-corrected chi connectivity index (χ2v) is 5.64. The first kappa shape index (κ1) is 13.4. The van der Waals surface area contributed by atoms with Crippen molar-refractivity contribution in [3.8, 4) is 0 Å². The fourth-order valence-corrected chi connectivity index (χ4v) is 3.07. The fraction of sp³-hybridized carbons (Fsp3) is 0.222. The Kier molecular flexibility index (Phi) is 4.22. The van der Waals surface area contributed by atoms with E-state index in [4.69, 9.17) is 0 Å². The maximum atomic E-state index is 3.45. The molecule has 0 aromatic heterocycles. The number of nitrogens with zero attached hydrogens (tertiary/aromatic N) is 1. The summed E-state index contributed by atoms with van der Waals surface area (Å²) in [6.45, 7) is 0.916. The molecule has 0 fully saturated rings. The number of benzene rings is 2. The van der Waals surface area contributed by atoms with Crippen molar-refractivity contribution in [2.24, 2.45) is 0 Å². The Balaban J connectivity index is 2.06. The summed E-state index contributed by atoms with van der Waals surface area (Å²) in [6, 6.07) is 17.5. The van der Waals surface area contributed by atoms with Gasteiger partial charge in [-0.1, -0.05) is 64.5 Å². The smallest absolute Gasteiger partial charge is 0.0446 e. The summed E-state index contributed by atoms with van der Waals surface area (Å²) in [7, 11) is 0. The molecule has 0 spiro atoms. The van der Waals surface area contributed by atoms with Crippen LogP contribution >= 0.6 is 15.9 Å². The Morgan fingerprint density at radius 2 is 1.40 bits per heavy atom. The van der Waals surface area contributed by atoms with E-state index < -0.39 is 0 Å². The lowest BCUT2D eigenvalue weighted by atomic mass is 10.0. The Labute approximate surface area is 129 Å². The topological polar surface area (TPSA) is 3.24 Å². The molecule has 0 amide bonds. The third-order valence-corrected chi connectivity index (χ3v) is 4.15. The minimum atomic E-state index is 0.907. The summed E-state index contributed by atoms with van der Waals surface area (Å²) in [5.74, 6) is 0. The van der Waals surface area contributed by atoms with E-state index in [1.54, 1.807) is 0 Å². The molecule has 0 saturated carbocycles. The second-order valence-electron chi connectivity index (χ2n) is 4.99. The zero-order chi connectivity index (χ0) is 13.8. The van der Waals surface area contributed by atoms with Gasteiger partial charge in [-0.15, -0.1) is 0 Å². The maximum absolute atomic E-state index is 3.45. The van der Waals surface area contributed by atoms with Crippen LogP contribution in [0.2, 0.25) is 0 Å². The summed E-state index contributed by atoms with van der Waals surface area (Å²) in [6.07, 6.45) is 6.63. The molecule has 0 saturated heterocycles. The van der Waals surface area contributed by atoms with Crippen LogP contribution in [-0.2, 0) is 12.8 Å². The molecule has 1 aliphatic rings. The Hall–Kier alpha value is -1.54. The highest BCUT2D eigenvalue weighted by Gasteiger charge is 2.18. The van der Waals surface area contributed by atoms with E-state index in [2.05, 4.69) is 81.5 Å². The largest absolute Gasteiger partial charge is 0.337 e. The van der Waals surface area contributed by atoms with Gasteiger partial charge in [0, 0.05) is 23.2 Å². The number of hydrogen-bond acceptors (Lipinski definition) is 1. The first-order valence-corrected chi connectivity index (χ1v) is 8.16. The van der Waals surface area contributed by atoms with Gasteiger partial charge in [-0.05, 0) is 36.1 Å². The predicted octanol–water partition coefficient (Wildman–Crippen LogP) is 4.87. The highest BCUT2D eigenvalue weighted by molar-refractivity contribution is 9.09. The summed E-state index contributed by atoms with van der Waals surface area (Å²) >= 11 is 3.45. The number of para-hydroxylation sites is 2. The summed E-state index contributed by atoms with van der Waals surface area (Å²) in [4.78, 5) is 2.43. The molecule has 2 aromatic rings. The van der Waals surface area contributed by atoms with E-state index in [1.807, 2.05) is 0 Å². The summed E-state index contributed by atoms with van der Waals surface area (Å²) in [5.41, 5.74) is 5.57. The minimum absolute atomic E-state index is 0.907. The number of anilines is 2. The molecule has 0 aliphatic carbocycles. The molecule has 3 rings (SSSR count). The molecule has 102 valence electrons. The van der Waals surface area contributed by atoms with Crippen molar-refractivity contribution >= 4 is 27.3 Å². The van der Waals surface area contributed by atoms with Crippen LogP contribution in [0.1, 0.15) is 11.1 Å². The van der Waals surface area contributed by atoms with Gasteiger partial charge in [-0.25, -0.2) is 0 Å². The van der Waals surface area contributed by atoms with Crippen molar-refractivity contribution < 1.29 is 0 Å². The summed E-state index contributed by atoms with van der Waals surface area (Å²) < 4.78 is 0. The Bertz CT molecular complexity index is 571. The molecule has 1 nitrogen and oxygen atoms in total. The van der Waals surface area contributed by atoms with E-state index in [-0.39, 0.29) is 0 Å². The molecule has 0 radical (unpaired) electrons. The lowest BCUT2D eigenvalue weighted by Crippen LogP contribution is -2.18. The highest BCUT2D eigenvalue weighted by Crippen LogP contribution is 2.35. The minimum Gasteiger partial charge on any atom is -0.337 e. The van der Waals surface area contributed by atoms with E-state index in [0.717, 1.165) is 24.7 Å².